The van der Waals surface area contributed by atoms with Crippen molar-refractivity contribution in [2.24, 2.45) is 5.92 Å². The Hall–Kier alpha value is -0.870. The van der Waals surface area contributed by atoms with Gasteiger partial charge in [0.25, 0.3) is 0 Å². The van der Waals surface area contributed by atoms with Crippen LogP contribution in [-0.4, -0.2) is 29.5 Å². The molecule has 0 aliphatic heterocycles. The van der Waals surface area contributed by atoms with E-state index in [0.29, 0.717) is 18.0 Å². The van der Waals surface area contributed by atoms with Crippen LogP contribution in [-0.2, 0) is 11.3 Å². The Morgan fingerprint density at radius 1 is 1.39 bits per heavy atom. The van der Waals surface area contributed by atoms with Crippen LogP contribution in [0.4, 0.5) is 0 Å². The van der Waals surface area contributed by atoms with Gasteiger partial charge in [-0.25, -0.2) is 0 Å². The average Bonchev–Trinajstić information content (AvgIpc) is 2.81. The zero-order valence-corrected chi connectivity index (χ0v) is 12.3. The third kappa shape index (κ3) is 4.42. The molecule has 1 N–H and O–H groups in total. The summed E-state index contributed by atoms with van der Waals surface area (Å²) < 4.78 is 7.27. The molecular weight excluding hydrogens is 226 g/mol. The number of hydrogen-bond acceptors (Lipinski definition) is 3. The van der Waals surface area contributed by atoms with Gasteiger partial charge in [0.15, 0.2) is 0 Å². The normalized spacial score (nSPS) is 15.0. The van der Waals surface area contributed by atoms with Crippen molar-refractivity contribution in [2.45, 2.75) is 52.7 Å². The molecule has 2 atom stereocenters. The first-order valence-electron chi connectivity index (χ1n) is 6.84. The molecule has 0 fully saturated rings. The van der Waals surface area contributed by atoms with E-state index in [9.17, 15) is 0 Å². The fraction of sp³-hybridized carbons (Fsp3) is 0.786. The fourth-order valence-electron chi connectivity index (χ4n) is 1.81. The minimum atomic E-state index is 0.378. The van der Waals surface area contributed by atoms with E-state index in [-0.39, 0.29) is 0 Å². The number of aromatic nitrogens is 2. The number of nitrogens with zero attached hydrogens (tertiary/aromatic N) is 2. The second-order valence-electron chi connectivity index (χ2n) is 5.23. The van der Waals surface area contributed by atoms with Crippen LogP contribution < -0.4 is 5.32 Å². The summed E-state index contributed by atoms with van der Waals surface area (Å²) in [5.74, 6) is 0.557. The molecule has 0 saturated carbocycles. The van der Waals surface area contributed by atoms with Crippen molar-refractivity contribution in [3.05, 3.63) is 18.0 Å². The Morgan fingerprint density at radius 2 is 2.11 bits per heavy atom. The van der Waals surface area contributed by atoms with Gasteiger partial charge in [0, 0.05) is 31.9 Å². The van der Waals surface area contributed by atoms with Crippen molar-refractivity contribution in [1.29, 1.82) is 0 Å². The maximum atomic E-state index is 5.23. The summed E-state index contributed by atoms with van der Waals surface area (Å²) in [6.07, 6.45) is 3.17. The number of methoxy groups -OCH3 is 1. The monoisotopic (exact) mass is 253 g/mol. The molecule has 2 unspecified atom stereocenters. The second kappa shape index (κ2) is 7.54. The number of nitrogens with one attached hydrogen (secondary N) is 1. The van der Waals surface area contributed by atoms with Gasteiger partial charge in [0.1, 0.15) is 0 Å². The summed E-state index contributed by atoms with van der Waals surface area (Å²) in [5, 5.41) is 8.09. The maximum Gasteiger partial charge on any atom is 0.0762 e. The highest BCUT2D eigenvalue weighted by atomic mass is 16.5. The molecule has 0 amide bonds. The van der Waals surface area contributed by atoms with Crippen LogP contribution >= 0.6 is 0 Å². The number of rotatable bonds is 8. The molecule has 0 spiro atoms. The Morgan fingerprint density at radius 3 is 2.67 bits per heavy atom. The van der Waals surface area contributed by atoms with Gasteiger partial charge in [-0.2, -0.15) is 5.10 Å². The van der Waals surface area contributed by atoms with Gasteiger partial charge in [-0.3, -0.25) is 4.68 Å². The van der Waals surface area contributed by atoms with Crippen molar-refractivity contribution < 1.29 is 4.74 Å². The summed E-state index contributed by atoms with van der Waals surface area (Å²) in [4.78, 5) is 0. The van der Waals surface area contributed by atoms with Crippen molar-refractivity contribution in [2.75, 3.05) is 13.7 Å². The lowest BCUT2D eigenvalue weighted by atomic mass is 10.1. The van der Waals surface area contributed by atoms with Gasteiger partial charge in [0.05, 0.1) is 12.3 Å². The van der Waals surface area contributed by atoms with E-state index in [1.54, 1.807) is 7.11 Å². The predicted octanol–water partition coefficient (Wildman–Crippen LogP) is 2.61. The third-order valence-electron chi connectivity index (χ3n) is 3.40. The van der Waals surface area contributed by atoms with Gasteiger partial charge in [-0.1, -0.05) is 20.8 Å². The molecule has 1 rings (SSSR count). The van der Waals surface area contributed by atoms with Crippen LogP contribution in [0.3, 0.4) is 0 Å². The van der Waals surface area contributed by atoms with Gasteiger partial charge in [-0.15, -0.1) is 0 Å². The van der Waals surface area contributed by atoms with E-state index >= 15 is 0 Å². The van der Waals surface area contributed by atoms with E-state index in [2.05, 4.69) is 50.4 Å². The molecule has 104 valence electrons. The van der Waals surface area contributed by atoms with E-state index in [0.717, 1.165) is 25.3 Å². The Kier molecular flexibility index (Phi) is 6.36. The van der Waals surface area contributed by atoms with Crippen LogP contribution in [0, 0.1) is 5.92 Å². The van der Waals surface area contributed by atoms with Gasteiger partial charge in [0.2, 0.25) is 0 Å². The fourth-order valence-corrected chi connectivity index (χ4v) is 1.81. The second-order valence-corrected chi connectivity index (χ2v) is 5.23. The first-order chi connectivity index (χ1) is 8.58. The molecular formula is C14H27N3O. The Bertz CT molecular complexity index is 336. The minimum absolute atomic E-state index is 0.378. The SMILES string of the molecule is CCC(C)n1ccc(CNC(COC)C(C)C)n1. The molecule has 0 radical (unpaired) electrons. The lowest BCUT2D eigenvalue weighted by molar-refractivity contribution is 0.146. The molecule has 0 aliphatic carbocycles. The van der Waals surface area contributed by atoms with Crippen molar-refractivity contribution in [3.63, 3.8) is 0 Å². The Labute approximate surface area is 111 Å². The standard InChI is InChI=1S/C14H27N3O/c1-6-12(4)17-8-7-13(16-17)9-15-14(10-18-5)11(2)3/h7-8,11-12,14-15H,6,9-10H2,1-5H3. The van der Waals surface area contributed by atoms with Crippen LogP contribution in [0.2, 0.25) is 0 Å². The molecule has 1 aromatic rings. The zero-order valence-electron chi connectivity index (χ0n) is 12.3. The summed E-state index contributed by atoms with van der Waals surface area (Å²) in [7, 11) is 1.74. The highest BCUT2D eigenvalue weighted by Crippen LogP contribution is 2.09. The highest BCUT2D eigenvalue weighted by Gasteiger charge is 2.13. The van der Waals surface area contributed by atoms with Crippen LogP contribution in [0.1, 0.15) is 45.9 Å². The molecule has 0 aromatic carbocycles. The van der Waals surface area contributed by atoms with Gasteiger partial charge < -0.3 is 10.1 Å². The topological polar surface area (TPSA) is 39.1 Å². The molecule has 0 saturated heterocycles. The van der Waals surface area contributed by atoms with E-state index in [4.69, 9.17) is 4.74 Å². The first kappa shape index (κ1) is 15.2. The summed E-state index contributed by atoms with van der Waals surface area (Å²) in [5.41, 5.74) is 1.09. The smallest absolute Gasteiger partial charge is 0.0762 e. The zero-order chi connectivity index (χ0) is 13.5. The van der Waals surface area contributed by atoms with Crippen LogP contribution in [0.25, 0.3) is 0 Å². The van der Waals surface area contributed by atoms with E-state index < -0.39 is 0 Å². The molecule has 1 heterocycles. The van der Waals surface area contributed by atoms with Crippen molar-refractivity contribution >= 4 is 0 Å². The quantitative estimate of drug-likeness (QED) is 0.774. The van der Waals surface area contributed by atoms with Crippen LogP contribution in [0.15, 0.2) is 12.3 Å². The molecule has 0 bridgehead atoms. The molecule has 18 heavy (non-hydrogen) atoms. The maximum absolute atomic E-state index is 5.23. The summed E-state index contributed by atoms with van der Waals surface area (Å²) in [6.45, 7) is 10.3. The minimum Gasteiger partial charge on any atom is -0.383 e. The van der Waals surface area contributed by atoms with E-state index in [1.165, 1.54) is 0 Å². The largest absolute Gasteiger partial charge is 0.383 e. The summed E-state index contributed by atoms with van der Waals surface area (Å²) in [6, 6.07) is 2.94. The van der Waals surface area contributed by atoms with E-state index in [1.807, 2.05) is 4.68 Å². The summed E-state index contributed by atoms with van der Waals surface area (Å²) >= 11 is 0. The average molecular weight is 253 g/mol. The Balaban J connectivity index is 2.49. The van der Waals surface area contributed by atoms with Crippen molar-refractivity contribution in [3.8, 4) is 0 Å². The number of hydrogen-bond donors (Lipinski definition) is 1. The highest BCUT2D eigenvalue weighted by molar-refractivity contribution is 4.99. The third-order valence-corrected chi connectivity index (χ3v) is 3.40. The number of ether oxygens (including phenoxy) is 1. The van der Waals surface area contributed by atoms with Crippen molar-refractivity contribution in [1.82, 2.24) is 15.1 Å². The predicted molar refractivity (Wildman–Crippen MR) is 74.6 cm³/mol. The molecule has 4 heteroatoms. The van der Waals surface area contributed by atoms with Gasteiger partial charge >= 0.3 is 0 Å². The lowest BCUT2D eigenvalue weighted by Crippen LogP contribution is -2.37. The van der Waals surface area contributed by atoms with Gasteiger partial charge in [-0.05, 0) is 25.3 Å². The molecule has 1 aromatic heterocycles. The first-order valence-corrected chi connectivity index (χ1v) is 6.84. The molecule has 0 aliphatic rings. The molecule has 4 nitrogen and oxygen atoms in total. The lowest BCUT2D eigenvalue weighted by Gasteiger charge is -2.21. The van der Waals surface area contributed by atoms with Crippen LogP contribution in [0.5, 0.6) is 0 Å².